The van der Waals surface area contributed by atoms with Gasteiger partial charge in [0.25, 0.3) is 0 Å². The molecule has 0 aliphatic heterocycles. The predicted molar refractivity (Wildman–Crippen MR) is 67.1 cm³/mol. The number of hydrogen-bond acceptors (Lipinski definition) is 5. The zero-order valence-corrected chi connectivity index (χ0v) is 10.9. The van der Waals surface area contributed by atoms with Crippen molar-refractivity contribution < 1.29 is 13.2 Å². The minimum Gasteiger partial charge on any atom is -0.373 e. The summed E-state index contributed by atoms with van der Waals surface area (Å²) in [6.07, 6.45) is -1.20. The molecule has 108 valence electrons. The van der Waals surface area contributed by atoms with Gasteiger partial charge >= 0.3 is 6.18 Å². The van der Waals surface area contributed by atoms with E-state index in [1.54, 1.807) is 24.1 Å². The van der Waals surface area contributed by atoms with Crippen LogP contribution in [0.3, 0.4) is 0 Å². The zero-order chi connectivity index (χ0) is 14.8. The molecule has 9 heteroatoms. The minimum atomic E-state index is -4.59. The molecule has 2 rings (SSSR count). The van der Waals surface area contributed by atoms with E-state index < -0.39 is 12.0 Å². The van der Waals surface area contributed by atoms with Gasteiger partial charge in [-0.3, -0.25) is 4.68 Å². The molecule has 0 saturated heterocycles. The van der Waals surface area contributed by atoms with E-state index in [4.69, 9.17) is 0 Å². The lowest BCUT2D eigenvalue weighted by Crippen LogP contribution is -2.14. The van der Waals surface area contributed by atoms with Gasteiger partial charge in [0, 0.05) is 38.5 Å². The Kier molecular flexibility index (Phi) is 3.77. The molecule has 2 heterocycles. The van der Waals surface area contributed by atoms with E-state index in [0.717, 1.165) is 5.56 Å². The van der Waals surface area contributed by atoms with Crippen LogP contribution in [-0.2, 0) is 19.8 Å². The molecular formula is C11H13F3N6. The summed E-state index contributed by atoms with van der Waals surface area (Å²) in [5.41, 5.74) is 0.839. The van der Waals surface area contributed by atoms with Gasteiger partial charge in [-0.05, 0) is 0 Å². The number of aromatic nitrogens is 4. The van der Waals surface area contributed by atoms with Crippen LogP contribution in [0.25, 0.3) is 0 Å². The second-order valence-corrected chi connectivity index (χ2v) is 4.09. The molecule has 0 unspecified atom stereocenters. The van der Waals surface area contributed by atoms with E-state index in [1.165, 1.54) is 13.1 Å². The lowest BCUT2D eigenvalue weighted by molar-refractivity contribution is -0.144. The van der Waals surface area contributed by atoms with Crippen molar-refractivity contribution in [1.29, 1.82) is 0 Å². The van der Waals surface area contributed by atoms with E-state index in [-0.39, 0.29) is 11.6 Å². The van der Waals surface area contributed by atoms with Crippen LogP contribution in [0.2, 0.25) is 0 Å². The van der Waals surface area contributed by atoms with Gasteiger partial charge < -0.3 is 10.6 Å². The Balaban J connectivity index is 2.18. The Hall–Kier alpha value is -2.32. The van der Waals surface area contributed by atoms with Gasteiger partial charge in [-0.25, -0.2) is 9.97 Å². The summed E-state index contributed by atoms with van der Waals surface area (Å²) in [6.45, 7) is 0.325. The van der Waals surface area contributed by atoms with Crippen molar-refractivity contribution in [3.8, 4) is 0 Å². The first-order valence-corrected chi connectivity index (χ1v) is 5.74. The van der Waals surface area contributed by atoms with E-state index in [2.05, 4.69) is 25.7 Å². The largest absolute Gasteiger partial charge is 0.451 e. The zero-order valence-electron chi connectivity index (χ0n) is 10.9. The maximum absolute atomic E-state index is 12.7. The van der Waals surface area contributed by atoms with Crippen LogP contribution in [0.1, 0.15) is 11.4 Å². The van der Waals surface area contributed by atoms with Crippen LogP contribution < -0.4 is 10.6 Å². The highest BCUT2D eigenvalue weighted by Gasteiger charge is 2.35. The highest BCUT2D eigenvalue weighted by atomic mass is 19.4. The van der Waals surface area contributed by atoms with Crippen molar-refractivity contribution in [3.63, 3.8) is 0 Å². The van der Waals surface area contributed by atoms with Crippen molar-refractivity contribution in [1.82, 2.24) is 19.7 Å². The molecule has 0 amide bonds. The number of aryl methyl sites for hydroxylation is 1. The van der Waals surface area contributed by atoms with Crippen LogP contribution in [-0.4, -0.2) is 26.8 Å². The summed E-state index contributed by atoms with van der Waals surface area (Å²) in [7, 11) is 3.25. The van der Waals surface area contributed by atoms with Crippen LogP contribution in [0.15, 0.2) is 18.5 Å². The fraction of sp³-hybridized carbons (Fsp3) is 0.364. The van der Waals surface area contributed by atoms with Crippen LogP contribution in [0.5, 0.6) is 0 Å². The number of alkyl halides is 3. The summed E-state index contributed by atoms with van der Waals surface area (Å²) in [4.78, 5) is 6.84. The summed E-state index contributed by atoms with van der Waals surface area (Å²) in [5.74, 6) is -0.987. The SMILES string of the molecule is CNc1cc(NCc2cnn(C)c2)nc(C(F)(F)F)n1. The molecular weight excluding hydrogens is 273 g/mol. The molecule has 0 spiro atoms. The molecule has 2 N–H and O–H groups in total. The Bertz CT molecular complexity index is 592. The number of hydrogen-bond donors (Lipinski definition) is 2. The van der Waals surface area contributed by atoms with E-state index >= 15 is 0 Å². The van der Waals surface area contributed by atoms with Gasteiger partial charge in [-0.1, -0.05) is 0 Å². The first-order chi connectivity index (χ1) is 9.38. The van der Waals surface area contributed by atoms with Gasteiger partial charge in [0.1, 0.15) is 11.6 Å². The molecule has 0 bridgehead atoms. The Morgan fingerprint density at radius 3 is 2.50 bits per heavy atom. The van der Waals surface area contributed by atoms with Crippen LogP contribution in [0, 0.1) is 0 Å². The molecule has 0 saturated carbocycles. The topological polar surface area (TPSA) is 67.7 Å². The smallest absolute Gasteiger partial charge is 0.373 e. The van der Waals surface area contributed by atoms with Gasteiger partial charge in [0.2, 0.25) is 5.82 Å². The molecule has 2 aromatic heterocycles. The Morgan fingerprint density at radius 2 is 1.95 bits per heavy atom. The highest BCUT2D eigenvalue weighted by Crippen LogP contribution is 2.28. The number of nitrogens with zero attached hydrogens (tertiary/aromatic N) is 4. The number of nitrogens with one attached hydrogen (secondary N) is 2. The van der Waals surface area contributed by atoms with E-state index in [9.17, 15) is 13.2 Å². The lowest BCUT2D eigenvalue weighted by atomic mass is 10.3. The Labute approximate surface area is 113 Å². The van der Waals surface area contributed by atoms with Gasteiger partial charge in [0.15, 0.2) is 0 Å². The van der Waals surface area contributed by atoms with Crippen molar-refractivity contribution >= 4 is 11.6 Å². The maximum Gasteiger partial charge on any atom is 0.451 e. The maximum atomic E-state index is 12.7. The van der Waals surface area contributed by atoms with Gasteiger partial charge in [-0.2, -0.15) is 18.3 Å². The number of anilines is 2. The second-order valence-electron chi connectivity index (χ2n) is 4.09. The summed E-state index contributed by atoms with van der Waals surface area (Å²) >= 11 is 0. The monoisotopic (exact) mass is 286 g/mol. The van der Waals surface area contributed by atoms with E-state index in [0.29, 0.717) is 6.54 Å². The molecule has 2 aromatic rings. The predicted octanol–water partition coefficient (Wildman–Crippen LogP) is 1.88. The third-order valence-electron chi connectivity index (χ3n) is 2.47. The molecule has 0 fully saturated rings. The van der Waals surface area contributed by atoms with Crippen LogP contribution in [0.4, 0.5) is 24.8 Å². The molecule has 0 radical (unpaired) electrons. The normalized spacial score (nSPS) is 11.4. The third-order valence-corrected chi connectivity index (χ3v) is 2.47. The molecule has 6 nitrogen and oxygen atoms in total. The first kappa shape index (κ1) is 14.1. The van der Waals surface area contributed by atoms with Gasteiger partial charge in [-0.15, -0.1) is 0 Å². The van der Waals surface area contributed by atoms with Gasteiger partial charge in [0.05, 0.1) is 6.20 Å². The molecule has 0 atom stereocenters. The Morgan fingerprint density at radius 1 is 1.25 bits per heavy atom. The lowest BCUT2D eigenvalue weighted by Gasteiger charge is -2.10. The number of rotatable bonds is 4. The first-order valence-electron chi connectivity index (χ1n) is 5.74. The van der Waals surface area contributed by atoms with Crippen molar-refractivity contribution in [2.45, 2.75) is 12.7 Å². The summed E-state index contributed by atoms with van der Waals surface area (Å²) in [5, 5.41) is 9.36. The number of halogens is 3. The van der Waals surface area contributed by atoms with Crippen molar-refractivity contribution in [3.05, 3.63) is 29.8 Å². The van der Waals surface area contributed by atoms with Crippen LogP contribution >= 0.6 is 0 Å². The quantitative estimate of drug-likeness (QED) is 0.898. The molecule has 20 heavy (non-hydrogen) atoms. The molecule has 0 aliphatic rings. The summed E-state index contributed by atoms with van der Waals surface area (Å²) < 4.78 is 39.6. The standard InChI is InChI=1S/C11H13F3N6/c1-15-8-3-9(19-10(18-8)11(12,13)14)16-4-7-5-17-20(2)6-7/h3,5-6H,4H2,1-2H3,(H2,15,16,18,19). The fourth-order valence-electron chi connectivity index (χ4n) is 1.55. The van der Waals surface area contributed by atoms with Crippen molar-refractivity contribution in [2.75, 3.05) is 17.7 Å². The van der Waals surface area contributed by atoms with Crippen molar-refractivity contribution in [2.24, 2.45) is 7.05 Å². The molecule has 0 aliphatic carbocycles. The van der Waals surface area contributed by atoms with E-state index in [1.807, 2.05) is 0 Å². The summed E-state index contributed by atoms with van der Waals surface area (Å²) in [6, 6.07) is 1.41. The third kappa shape index (κ3) is 3.37. The molecule has 0 aromatic carbocycles. The minimum absolute atomic E-state index is 0.0977. The second kappa shape index (κ2) is 5.35. The average Bonchev–Trinajstić information content (AvgIpc) is 2.81. The fourth-order valence-corrected chi connectivity index (χ4v) is 1.55. The highest BCUT2D eigenvalue weighted by molar-refractivity contribution is 5.47. The average molecular weight is 286 g/mol.